The van der Waals surface area contributed by atoms with Crippen LogP contribution in [0.3, 0.4) is 0 Å². The molecule has 0 fully saturated rings. The Hall–Kier alpha value is -7.50. The first-order valence-electron chi connectivity index (χ1n) is 18.9. The van der Waals surface area contributed by atoms with Gasteiger partial charge >= 0.3 is 0 Å². The lowest BCUT2D eigenvalue weighted by atomic mass is 9.97. The third kappa shape index (κ3) is 5.32. The van der Waals surface area contributed by atoms with E-state index in [-0.39, 0.29) is 6.17 Å². The first-order valence-corrected chi connectivity index (χ1v) is 18.9. The minimum absolute atomic E-state index is 0.283. The Bertz CT molecular complexity index is 3140. The molecule has 0 spiro atoms. The maximum absolute atomic E-state index is 6.86. The van der Waals surface area contributed by atoms with Gasteiger partial charge in [-0.3, -0.25) is 0 Å². The van der Waals surface area contributed by atoms with Gasteiger partial charge in [0.05, 0.1) is 16.4 Å². The summed E-state index contributed by atoms with van der Waals surface area (Å²) in [5.74, 6) is 1.47. The molecule has 0 aliphatic carbocycles. The van der Waals surface area contributed by atoms with Gasteiger partial charge in [0.15, 0.2) is 5.84 Å². The van der Waals surface area contributed by atoms with Crippen molar-refractivity contribution < 1.29 is 4.42 Å². The first-order chi connectivity index (χ1) is 27.8. The second kappa shape index (κ2) is 13.1. The molecule has 0 saturated carbocycles. The van der Waals surface area contributed by atoms with Crippen molar-refractivity contribution in [2.45, 2.75) is 6.17 Å². The fraction of sp³-hybridized carbons (Fsp3) is 0.0196. The number of amidine groups is 2. The van der Waals surface area contributed by atoms with Gasteiger partial charge in [0, 0.05) is 38.5 Å². The molecule has 1 atom stereocenters. The van der Waals surface area contributed by atoms with Crippen LogP contribution in [0, 0.1) is 0 Å². The average Bonchev–Trinajstić information content (AvgIpc) is 3.83. The Morgan fingerprint density at radius 1 is 0.500 bits per heavy atom. The third-order valence-electron chi connectivity index (χ3n) is 10.8. The molecule has 264 valence electrons. The Morgan fingerprint density at radius 2 is 1.12 bits per heavy atom. The first kappa shape index (κ1) is 32.0. The summed E-state index contributed by atoms with van der Waals surface area (Å²) in [4.78, 5) is 10.3. The summed E-state index contributed by atoms with van der Waals surface area (Å²) in [5, 5.41) is 8.11. The molecule has 1 aliphatic rings. The van der Waals surface area contributed by atoms with Crippen LogP contribution in [-0.4, -0.2) is 16.2 Å². The number of hydrogen-bond donors (Lipinski definition) is 1. The van der Waals surface area contributed by atoms with Gasteiger partial charge in [-0.25, -0.2) is 9.98 Å². The molecule has 1 aliphatic heterocycles. The highest BCUT2D eigenvalue weighted by Gasteiger charge is 2.24. The van der Waals surface area contributed by atoms with Crippen LogP contribution in [0.15, 0.2) is 209 Å². The van der Waals surface area contributed by atoms with Gasteiger partial charge in [-0.1, -0.05) is 158 Å². The lowest BCUT2D eigenvalue weighted by Crippen LogP contribution is -2.33. The van der Waals surface area contributed by atoms with Crippen LogP contribution in [0.5, 0.6) is 0 Å². The normalized spacial score (nSPS) is 14.2. The van der Waals surface area contributed by atoms with E-state index < -0.39 is 0 Å². The molecule has 3 heterocycles. The topological polar surface area (TPSA) is 54.8 Å². The highest BCUT2D eigenvalue weighted by Crippen LogP contribution is 2.45. The predicted molar refractivity (Wildman–Crippen MR) is 231 cm³/mol. The highest BCUT2D eigenvalue weighted by atomic mass is 16.3. The zero-order chi connectivity index (χ0) is 37.0. The minimum Gasteiger partial charge on any atom is -0.455 e. The molecular weight excluding hydrogens is 685 g/mol. The van der Waals surface area contributed by atoms with E-state index in [9.17, 15) is 0 Å². The SMILES string of the molecule is c1ccc(C2=NC(c3cccc(-c4cc5c6ccccc6n(-c6ccc(-c7ccccc7)cc6)c5c5c4oc4ccccc45)c3)=NC(c3ccccc3)N2)cc1. The summed E-state index contributed by atoms with van der Waals surface area (Å²) >= 11 is 0. The van der Waals surface area contributed by atoms with Crippen LogP contribution >= 0.6 is 0 Å². The maximum Gasteiger partial charge on any atom is 0.159 e. The summed E-state index contributed by atoms with van der Waals surface area (Å²) in [6.07, 6.45) is -0.283. The molecule has 1 N–H and O–H groups in total. The third-order valence-corrected chi connectivity index (χ3v) is 10.8. The van der Waals surface area contributed by atoms with Crippen molar-refractivity contribution in [3.05, 3.63) is 211 Å². The number of para-hydroxylation sites is 2. The van der Waals surface area contributed by atoms with Crippen molar-refractivity contribution in [3.63, 3.8) is 0 Å². The Labute approximate surface area is 323 Å². The number of furan rings is 1. The smallest absolute Gasteiger partial charge is 0.159 e. The molecule has 0 radical (unpaired) electrons. The largest absolute Gasteiger partial charge is 0.455 e. The summed E-state index contributed by atoms with van der Waals surface area (Å²) in [7, 11) is 0. The second-order valence-corrected chi connectivity index (χ2v) is 14.2. The molecule has 5 heteroatoms. The molecule has 11 rings (SSSR count). The average molecular weight is 719 g/mol. The summed E-state index contributed by atoms with van der Waals surface area (Å²) in [6.45, 7) is 0. The van der Waals surface area contributed by atoms with Crippen molar-refractivity contribution in [1.29, 1.82) is 0 Å². The van der Waals surface area contributed by atoms with E-state index in [4.69, 9.17) is 14.4 Å². The minimum atomic E-state index is -0.283. The second-order valence-electron chi connectivity index (χ2n) is 14.2. The maximum atomic E-state index is 6.86. The van der Waals surface area contributed by atoms with Gasteiger partial charge in [0.25, 0.3) is 0 Å². The van der Waals surface area contributed by atoms with Crippen LogP contribution in [0.4, 0.5) is 0 Å². The number of nitrogens with one attached hydrogen (secondary N) is 1. The Balaban J connectivity index is 1.12. The molecule has 8 aromatic carbocycles. The van der Waals surface area contributed by atoms with Crippen molar-refractivity contribution in [2.24, 2.45) is 9.98 Å². The van der Waals surface area contributed by atoms with Crippen LogP contribution in [0.1, 0.15) is 22.9 Å². The van der Waals surface area contributed by atoms with Crippen molar-refractivity contribution >= 4 is 55.4 Å². The monoisotopic (exact) mass is 718 g/mol. The van der Waals surface area contributed by atoms with Gasteiger partial charge in [0.2, 0.25) is 0 Å². The lowest BCUT2D eigenvalue weighted by Gasteiger charge is -2.23. The molecule has 0 amide bonds. The van der Waals surface area contributed by atoms with Crippen LogP contribution in [0.25, 0.3) is 71.7 Å². The molecule has 5 nitrogen and oxygen atoms in total. The fourth-order valence-electron chi connectivity index (χ4n) is 8.21. The summed E-state index contributed by atoms with van der Waals surface area (Å²) in [6, 6.07) is 68.0. The predicted octanol–water partition coefficient (Wildman–Crippen LogP) is 12.5. The van der Waals surface area contributed by atoms with E-state index in [0.29, 0.717) is 5.84 Å². The zero-order valence-electron chi connectivity index (χ0n) is 30.3. The van der Waals surface area contributed by atoms with Gasteiger partial charge in [-0.15, -0.1) is 0 Å². The number of nitrogens with zero attached hydrogens (tertiary/aromatic N) is 3. The van der Waals surface area contributed by atoms with E-state index in [1.807, 2.05) is 42.5 Å². The summed E-state index contributed by atoms with van der Waals surface area (Å²) < 4.78 is 9.26. The van der Waals surface area contributed by atoms with E-state index >= 15 is 0 Å². The van der Waals surface area contributed by atoms with E-state index in [0.717, 1.165) is 72.3 Å². The molecule has 56 heavy (non-hydrogen) atoms. The van der Waals surface area contributed by atoms with E-state index in [2.05, 4.69) is 162 Å². The fourth-order valence-corrected chi connectivity index (χ4v) is 8.21. The molecule has 2 aromatic heterocycles. The number of rotatable bonds is 6. The Morgan fingerprint density at radius 3 is 1.91 bits per heavy atom. The highest BCUT2D eigenvalue weighted by molar-refractivity contribution is 6.27. The molecular formula is C51H34N4O. The van der Waals surface area contributed by atoms with E-state index in [1.54, 1.807) is 0 Å². The van der Waals surface area contributed by atoms with Gasteiger partial charge in [0.1, 0.15) is 23.2 Å². The van der Waals surface area contributed by atoms with E-state index in [1.165, 1.54) is 21.9 Å². The standard InChI is InChI=1S/C51H34N4O/c1-4-15-33(16-5-1)34-27-29-39(30-28-34)55-44-25-12-10-23-40(44)43-32-42(48-46(47(43)55)41-24-11-13-26-45(41)56-48)37-21-14-22-38(31-37)51-53-49(35-17-6-2-7-18-35)52-50(54-51)36-19-8-3-9-20-36/h1-32,49H,(H,52,53,54). The van der Waals surface area contributed by atoms with Gasteiger partial charge in [-0.2, -0.15) is 0 Å². The molecule has 10 aromatic rings. The van der Waals surface area contributed by atoms with Crippen molar-refractivity contribution in [3.8, 4) is 27.9 Å². The van der Waals surface area contributed by atoms with Crippen LogP contribution in [0.2, 0.25) is 0 Å². The summed E-state index contributed by atoms with van der Waals surface area (Å²) in [5.41, 5.74) is 12.5. The molecule has 0 saturated heterocycles. The van der Waals surface area contributed by atoms with Crippen molar-refractivity contribution in [2.75, 3.05) is 0 Å². The number of fused-ring (bicyclic) bond motifs is 7. The number of benzene rings is 8. The number of hydrogen-bond acceptors (Lipinski definition) is 4. The van der Waals surface area contributed by atoms with Gasteiger partial charge < -0.3 is 14.3 Å². The number of aromatic nitrogens is 1. The quantitative estimate of drug-likeness (QED) is 0.186. The van der Waals surface area contributed by atoms with Crippen LogP contribution in [-0.2, 0) is 0 Å². The Kier molecular flexibility index (Phi) is 7.49. The zero-order valence-corrected chi connectivity index (χ0v) is 30.3. The molecule has 0 bridgehead atoms. The molecule has 1 unspecified atom stereocenters. The lowest BCUT2D eigenvalue weighted by molar-refractivity contribution is 0.670. The van der Waals surface area contributed by atoms with Crippen molar-refractivity contribution in [1.82, 2.24) is 9.88 Å². The van der Waals surface area contributed by atoms with Crippen LogP contribution < -0.4 is 5.32 Å². The number of aliphatic imine (C=N–C) groups is 2. The van der Waals surface area contributed by atoms with Gasteiger partial charge in [-0.05, 0) is 58.7 Å².